The van der Waals surface area contributed by atoms with Crippen molar-refractivity contribution in [2.75, 3.05) is 0 Å². The fourth-order valence-electron chi connectivity index (χ4n) is 2.49. The monoisotopic (exact) mass is 308 g/mol. The van der Waals surface area contributed by atoms with Gasteiger partial charge < -0.3 is 10.3 Å². The van der Waals surface area contributed by atoms with Gasteiger partial charge in [0.1, 0.15) is 0 Å². The van der Waals surface area contributed by atoms with Gasteiger partial charge >= 0.3 is 0 Å². The minimum absolute atomic E-state index is 0.357. The first-order chi connectivity index (χ1) is 8.23. The second kappa shape index (κ2) is 4.39. The molecule has 0 spiro atoms. The summed E-state index contributed by atoms with van der Waals surface area (Å²) in [5, 5.41) is 1.25. The molecule has 2 N–H and O–H groups in total. The van der Waals surface area contributed by atoms with E-state index in [1.807, 2.05) is 13.8 Å². The van der Waals surface area contributed by atoms with Gasteiger partial charge in [0.25, 0.3) is 0 Å². The van der Waals surface area contributed by atoms with Crippen molar-refractivity contribution in [3.63, 3.8) is 0 Å². The largest absolute Gasteiger partial charge is 0.345 e. The lowest BCUT2D eigenvalue weighted by Crippen LogP contribution is -2.31. The van der Waals surface area contributed by atoms with Crippen LogP contribution in [0.1, 0.15) is 44.9 Å². The van der Waals surface area contributed by atoms with Crippen LogP contribution in [0.4, 0.5) is 0 Å². The lowest BCUT2D eigenvalue weighted by Gasteiger charge is -2.20. The number of nitrogens with zero attached hydrogens (tertiary/aromatic N) is 1. The van der Waals surface area contributed by atoms with E-state index in [0.717, 1.165) is 10.2 Å². The number of rotatable bonds is 2. The summed E-state index contributed by atoms with van der Waals surface area (Å²) in [6.45, 7) is 8.50. The normalized spacial score (nSPS) is 12.7. The molecule has 0 aliphatic rings. The van der Waals surface area contributed by atoms with E-state index in [-0.39, 0.29) is 5.54 Å². The Balaban J connectivity index is 2.78. The fraction of sp³-hybridized carbons (Fsp3) is 0.467. The molecular weight excluding hydrogens is 288 g/mol. The Hall–Kier alpha value is -0.800. The van der Waals surface area contributed by atoms with E-state index in [1.165, 1.54) is 16.5 Å². The minimum atomic E-state index is -0.357. The highest BCUT2D eigenvalue weighted by molar-refractivity contribution is 9.10. The predicted octanol–water partition coefficient (Wildman–Crippen LogP) is 4.26. The van der Waals surface area contributed by atoms with Crippen LogP contribution in [0.3, 0.4) is 0 Å². The highest BCUT2D eigenvalue weighted by Gasteiger charge is 2.24. The first-order valence-electron chi connectivity index (χ1n) is 6.30. The Kier molecular flexibility index (Phi) is 3.32. The van der Waals surface area contributed by atoms with Crippen molar-refractivity contribution in [2.45, 2.75) is 39.2 Å². The minimum Gasteiger partial charge on any atom is -0.345 e. The predicted molar refractivity (Wildman–Crippen MR) is 81.9 cm³/mol. The van der Waals surface area contributed by atoms with Gasteiger partial charge in [-0.3, -0.25) is 0 Å². The van der Waals surface area contributed by atoms with Crippen LogP contribution in [-0.4, -0.2) is 4.57 Å². The molecule has 0 saturated heterocycles. The summed E-state index contributed by atoms with van der Waals surface area (Å²) < 4.78 is 3.30. The quantitative estimate of drug-likeness (QED) is 0.883. The van der Waals surface area contributed by atoms with Crippen molar-refractivity contribution in [3.05, 3.63) is 33.9 Å². The third-order valence-electron chi connectivity index (χ3n) is 3.44. The van der Waals surface area contributed by atoms with Crippen LogP contribution >= 0.6 is 15.9 Å². The van der Waals surface area contributed by atoms with Crippen LogP contribution in [0.5, 0.6) is 0 Å². The highest BCUT2D eigenvalue weighted by atomic mass is 79.9. The molecule has 2 aromatic rings. The van der Waals surface area contributed by atoms with E-state index < -0.39 is 0 Å². The molecule has 1 aromatic carbocycles. The SMILES string of the molecule is CC(C)c1ccc2c(c1)c(Br)c(C(C)(C)N)n2C. The first kappa shape index (κ1) is 13.6. The zero-order valence-electron chi connectivity index (χ0n) is 11.7. The van der Waals surface area contributed by atoms with Crippen LogP contribution in [0.15, 0.2) is 22.7 Å². The molecule has 0 radical (unpaired) electrons. The van der Waals surface area contributed by atoms with Crippen molar-refractivity contribution in [2.24, 2.45) is 12.8 Å². The van der Waals surface area contributed by atoms with E-state index in [2.05, 4.69) is 59.6 Å². The van der Waals surface area contributed by atoms with Gasteiger partial charge in [-0.1, -0.05) is 19.9 Å². The van der Waals surface area contributed by atoms with E-state index in [9.17, 15) is 0 Å². The van der Waals surface area contributed by atoms with Crippen LogP contribution in [0, 0.1) is 0 Å². The van der Waals surface area contributed by atoms with Gasteiger partial charge in [-0.05, 0) is 53.4 Å². The van der Waals surface area contributed by atoms with Crippen LogP contribution < -0.4 is 5.73 Å². The van der Waals surface area contributed by atoms with E-state index in [1.54, 1.807) is 0 Å². The topological polar surface area (TPSA) is 30.9 Å². The summed E-state index contributed by atoms with van der Waals surface area (Å²) in [5.41, 5.74) is 9.63. The van der Waals surface area contributed by atoms with Crippen molar-refractivity contribution in [1.82, 2.24) is 4.57 Å². The van der Waals surface area contributed by atoms with E-state index in [4.69, 9.17) is 5.73 Å². The molecule has 0 aliphatic carbocycles. The summed E-state index contributed by atoms with van der Waals surface area (Å²) in [4.78, 5) is 0. The third kappa shape index (κ3) is 2.10. The molecular formula is C15H21BrN2. The summed E-state index contributed by atoms with van der Waals surface area (Å²) >= 11 is 3.72. The molecule has 0 atom stereocenters. The number of nitrogens with two attached hydrogens (primary N) is 1. The third-order valence-corrected chi connectivity index (χ3v) is 4.24. The summed E-state index contributed by atoms with van der Waals surface area (Å²) in [7, 11) is 2.08. The number of hydrogen-bond donors (Lipinski definition) is 1. The van der Waals surface area contributed by atoms with Crippen molar-refractivity contribution in [1.29, 1.82) is 0 Å². The number of aromatic nitrogens is 1. The maximum absolute atomic E-state index is 6.27. The van der Waals surface area contributed by atoms with Gasteiger partial charge in [-0.15, -0.1) is 0 Å². The number of halogens is 1. The zero-order valence-corrected chi connectivity index (χ0v) is 13.3. The van der Waals surface area contributed by atoms with Gasteiger partial charge in [0.05, 0.1) is 11.2 Å². The molecule has 0 bridgehead atoms. The van der Waals surface area contributed by atoms with Gasteiger partial charge in [-0.25, -0.2) is 0 Å². The molecule has 2 nitrogen and oxygen atoms in total. The summed E-state index contributed by atoms with van der Waals surface area (Å²) in [6, 6.07) is 6.65. The van der Waals surface area contributed by atoms with Crippen LogP contribution in [0.2, 0.25) is 0 Å². The lowest BCUT2D eigenvalue weighted by atomic mass is 10.0. The zero-order chi connectivity index (χ0) is 13.7. The number of hydrogen-bond acceptors (Lipinski definition) is 1. The second-order valence-electron chi connectivity index (χ2n) is 5.87. The Morgan fingerprint density at radius 3 is 2.39 bits per heavy atom. The van der Waals surface area contributed by atoms with Crippen LogP contribution in [0.25, 0.3) is 10.9 Å². The molecule has 0 amide bonds. The number of fused-ring (bicyclic) bond motifs is 1. The van der Waals surface area contributed by atoms with Crippen molar-refractivity contribution in [3.8, 4) is 0 Å². The highest BCUT2D eigenvalue weighted by Crippen LogP contribution is 2.36. The van der Waals surface area contributed by atoms with Gasteiger partial charge in [0, 0.05) is 22.4 Å². The fourth-order valence-corrected chi connectivity index (χ4v) is 3.59. The Labute approximate surface area is 117 Å². The summed E-state index contributed by atoms with van der Waals surface area (Å²) in [5.74, 6) is 0.538. The Bertz CT molecular complexity index is 589. The molecule has 0 aliphatic heterocycles. The molecule has 2 rings (SSSR count). The van der Waals surface area contributed by atoms with Crippen molar-refractivity contribution >= 4 is 26.8 Å². The Morgan fingerprint density at radius 1 is 1.28 bits per heavy atom. The molecule has 1 heterocycles. The van der Waals surface area contributed by atoms with E-state index in [0.29, 0.717) is 5.92 Å². The lowest BCUT2D eigenvalue weighted by molar-refractivity contribution is 0.513. The average Bonchev–Trinajstić information content (AvgIpc) is 2.50. The molecule has 3 heteroatoms. The molecule has 0 fully saturated rings. The maximum Gasteiger partial charge on any atom is 0.0523 e. The number of aryl methyl sites for hydroxylation is 1. The van der Waals surface area contributed by atoms with Gasteiger partial charge in [0.15, 0.2) is 0 Å². The second-order valence-corrected chi connectivity index (χ2v) is 6.67. The molecule has 1 aromatic heterocycles. The Morgan fingerprint density at radius 2 is 1.89 bits per heavy atom. The smallest absolute Gasteiger partial charge is 0.0523 e. The molecule has 18 heavy (non-hydrogen) atoms. The van der Waals surface area contributed by atoms with Crippen molar-refractivity contribution < 1.29 is 0 Å². The van der Waals surface area contributed by atoms with Gasteiger partial charge in [0.2, 0.25) is 0 Å². The maximum atomic E-state index is 6.27. The number of benzene rings is 1. The average molecular weight is 309 g/mol. The standard InChI is InChI=1S/C15H21BrN2/c1-9(2)10-6-7-12-11(8-10)13(16)14(18(12)5)15(3,4)17/h6-9H,17H2,1-5H3. The summed E-state index contributed by atoms with van der Waals surface area (Å²) in [6.07, 6.45) is 0. The first-order valence-corrected chi connectivity index (χ1v) is 7.10. The van der Waals surface area contributed by atoms with Gasteiger partial charge in [-0.2, -0.15) is 0 Å². The van der Waals surface area contributed by atoms with Crippen LogP contribution in [-0.2, 0) is 12.6 Å². The molecule has 98 valence electrons. The molecule has 0 saturated carbocycles. The molecule has 0 unspecified atom stereocenters. The van der Waals surface area contributed by atoms with E-state index >= 15 is 0 Å².